The number of sulfone groups is 1. The predicted octanol–water partition coefficient (Wildman–Crippen LogP) is 1.44. The average molecular weight is 285 g/mol. The van der Waals surface area contributed by atoms with E-state index >= 15 is 0 Å². The number of halogens is 1. The standard InChI is InChI=1S/C13H16FNO3S/c1-9-3-4-10(7-11(9)14)12(16)15-13(2)5-6-19(17,18)8-13/h3-4,7H,5-6,8H2,1-2H3,(H,15,16)/t13-/m1/s1. The molecule has 1 aliphatic heterocycles. The fourth-order valence-corrected chi connectivity index (χ4v) is 4.28. The van der Waals surface area contributed by atoms with Crippen molar-refractivity contribution in [3.8, 4) is 0 Å². The number of amides is 1. The van der Waals surface area contributed by atoms with Crippen molar-refractivity contribution in [2.75, 3.05) is 11.5 Å². The van der Waals surface area contributed by atoms with E-state index in [9.17, 15) is 17.6 Å². The summed E-state index contributed by atoms with van der Waals surface area (Å²) in [6.07, 6.45) is 0.384. The number of carbonyl (C=O) groups is 1. The van der Waals surface area contributed by atoms with E-state index in [2.05, 4.69) is 5.32 Å². The van der Waals surface area contributed by atoms with E-state index in [1.165, 1.54) is 12.1 Å². The van der Waals surface area contributed by atoms with Gasteiger partial charge in [-0.25, -0.2) is 12.8 Å². The van der Waals surface area contributed by atoms with Gasteiger partial charge in [0.2, 0.25) is 0 Å². The van der Waals surface area contributed by atoms with Crippen molar-refractivity contribution in [1.82, 2.24) is 5.32 Å². The highest BCUT2D eigenvalue weighted by Gasteiger charge is 2.39. The van der Waals surface area contributed by atoms with Crippen LogP contribution >= 0.6 is 0 Å². The first kappa shape index (κ1) is 14.0. The van der Waals surface area contributed by atoms with E-state index in [-0.39, 0.29) is 17.1 Å². The minimum atomic E-state index is -3.09. The molecule has 2 rings (SSSR count). The Morgan fingerprint density at radius 1 is 1.42 bits per heavy atom. The van der Waals surface area contributed by atoms with E-state index in [0.717, 1.165) is 6.07 Å². The molecule has 1 atom stereocenters. The van der Waals surface area contributed by atoms with Crippen LogP contribution in [0.3, 0.4) is 0 Å². The molecule has 1 fully saturated rings. The Labute approximate surface area is 111 Å². The van der Waals surface area contributed by atoms with Crippen molar-refractivity contribution in [2.45, 2.75) is 25.8 Å². The van der Waals surface area contributed by atoms with Gasteiger partial charge in [0.25, 0.3) is 5.91 Å². The summed E-state index contributed by atoms with van der Waals surface area (Å²) in [5.74, 6) is -0.887. The molecular weight excluding hydrogens is 269 g/mol. The molecule has 1 N–H and O–H groups in total. The maximum absolute atomic E-state index is 13.4. The Bertz CT molecular complexity index is 627. The van der Waals surface area contributed by atoms with E-state index in [1.807, 2.05) is 0 Å². The largest absolute Gasteiger partial charge is 0.346 e. The molecule has 0 aliphatic carbocycles. The van der Waals surface area contributed by atoms with Crippen LogP contribution in [-0.2, 0) is 9.84 Å². The minimum absolute atomic E-state index is 0.0694. The van der Waals surface area contributed by atoms with Crippen LogP contribution in [0.5, 0.6) is 0 Å². The highest BCUT2D eigenvalue weighted by molar-refractivity contribution is 7.91. The van der Waals surface area contributed by atoms with Crippen LogP contribution in [0.15, 0.2) is 18.2 Å². The molecule has 104 valence electrons. The first-order valence-corrected chi connectivity index (χ1v) is 7.82. The summed E-state index contributed by atoms with van der Waals surface area (Å²) in [5.41, 5.74) is -0.100. The molecule has 0 bridgehead atoms. The molecule has 1 aromatic carbocycles. The van der Waals surface area contributed by atoms with E-state index < -0.39 is 27.1 Å². The molecule has 0 saturated carbocycles. The SMILES string of the molecule is Cc1ccc(C(=O)N[C@]2(C)CCS(=O)(=O)C2)cc1F. The van der Waals surface area contributed by atoms with Crippen LogP contribution in [0.25, 0.3) is 0 Å². The van der Waals surface area contributed by atoms with Gasteiger partial charge >= 0.3 is 0 Å². The smallest absolute Gasteiger partial charge is 0.251 e. The topological polar surface area (TPSA) is 63.2 Å². The fourth-order valence-electron chi connectivity index (χ4n) is 2.19. The molecule has 0 spiro atoms. The average Bonchev–Trinajstić information content (AvgIpc) is 2.56. The maximum atomic E-state index is 13.4. The first-order valence-electron chi connectivity index (χ1n) is 6.00. The Morgan fingerprint density at radius 3 is 2.63 bits per heavy atom. The summed E-state index contributed by atoms with van der Waals surface area (Å²) in [4.78, 5) is 12.0. The van der Waals surface area contributed by atoms with E-state index in [0.29, 0.717) is 12.0 Å². The van der Waals surface area contributed by atoms with Crippen molar-refractivity contribution in [2.24, 2.45) is 0 Å². The molecule has 1 amide bonds. The second kappa shape index (κ2) is 4.59. The molecule has 0 unspecified atom stereocenters. The summed E-state index contributed by atoms with van der Waals surface area (Å²) >= 11 is 0. The molecule has 1 heterocycles. The minimum Gasteiger partial charge on any atom is -0.346 e. The summed E-state index contributed by atoms with van der Waals surface area (Å²) < 4.78 is 36.3. The predicted molar refractivity (Wildman–Crippen MR) is 70.3 cm³/mol. The van der Waals surface area contributed by atoms with Gasteiger partial charge in [-0.05, 0) is 38.0 Å². The normalized spacial score (nSPS) is 25.2. The van der Waals surface area contributed by atoms with Crippen molar-refractivity contribution in [3.63, 3.8) is 0 Å². The van der Waals surface area contributed by atoms with E-state index in [1.54, 1.807) is 13.8 Å². The summed E-state index contributed by atoms with van der Waals surface area (Å²) in [5, 5.41) is 2.69. The number of hydrogen-bond donors (Lipinski definition) is 1. The van der Waals surface area contributed by atoms with Gasteiger partial charge < -0.3 is 5.32 Å². The van der Waals surface area contributed by atoms with Crippen molar-refractivity contribution >= 4 is 15.7 Å². The summed E-state index contributed by atoms with van der Waals surface area (Å²) in [6, 6.07) is 4.22. The Balaban J connectivity index is 2.15. The zero-order valence-electron chi connectivity index (χ0n) is 10.9. The molecule has 0 aromatic heterocycles. The lowest BCUT2D eigenvalue weighted by atomic mass is 10.0. The van der Waals surface area contributed by atoms with E-state index in [4.69, 9.17) is 0 Å². The van der Waals surface area contributed by atoms with Gasteiger partial charge in [0.05, 0.1) is 17.0 Å². The summed E-state index contributed by atoms with van der Waals surface area (Å²) in [7, 11) is -3.09. The third-order valence-electron chi connectivity index (χ3n) is 3.35. The summed E-state index contributed by atoms with van der Waals surface area (Å²) in [6.45, 7) is 3.31. The number of hydrogen-bond acceptors (Lipinski definition) is 3. The van der Waals surface area contributed by atoms with Gasteiger partial charge in [-0.3, -0.25) is 4.79 Å². The molecule has 1 saturated heterocycles. The number of benzene rings is 1. The third kappa shape index (κ3) is 3.12. The van der Waals surface area contributed by atoms with Gasteiger partial charge in [-0.15, -0.1) is 0 Å². The van der Waals surface area contributed by atoms with Crippen LogP contribution < -0.4 is 5.32 Å². The second-order valence-corrected chi connectivity index (χ2v) is 7.50. The van der Waals surface area contributed by atoms with Gasteiger partial charge in [0.1, 0.15) is 5.82 Å². The van der Waals surface area contributed by atoms with Crippen molar-refractivity contribution in [1.29, 1.82) is 0 Å². The number of rotatable bonds is 2. The Hall–Kier alpha value is -1.43. The van der Waals surface area contributed by atoms with Crippen LogP contribution in [-0.4, -0.2) is 31.4 Å². The number of nitrogens with one attached hydrogen (secondary N) is 1. The maximum Gasteiger partial charge on any atom is 0.251 e. The molecule has 19 heavy (non-hydrogen) atoms. The second-order valence-electron chi connectivity index (χ2n) is 5.32. The molecule has 0 radical (unpaired) electrons. The molecule has 6 heteroatoms. The Kier molecular flexibility index (Phi) is 3.38. The van der Waals surface area contributed by atoms with Crippen molar-refractivity contribution < 1.29 is 17.6 Å². The lowest BCUT2D eigenvalue weighted by molar-refractivity contribution is 0.0915. The van der Waals surface area contributed by atoms with Crippen LogP contribution in [0.1, 0.15) is 29.3 Å². The highest BCUT2D eigenvalue weighted by Crippen LogP contribution is 2.23. The van der Waals surface area contributed by atoms with Crippen LogP contribution in [0.2, 0.25) is 0 Å². The number of carbonyl (C=O) groups excluding carboxylic acids is 1. The zero-order valence-corrected chi connectivity index (χ0v) is 11.7. The lowest BCUT2D eigenvalue weighted by Gasteiger charge is -2.23. The van der Waals surface area contributed by atoms with Crippen LogP contribution in [0.4, 0.5) is 4.39 Å². The van der Waals surface area contributed by atoms with Gasteiger partial charge in [0, 0.05) is 5.56 Å². The van der Waals surface area contributed by atoms with Gasteiger partial charge in [-0.2, -0.15) is 0 Å². The fraction of sp³-hybridized carbons (Fsp3) is 0.462. The molecular formula is C13H16FNO3S. The Morgan fingerprint density at radius 2 is 2.11 bits per heavy atom. The molecule has 1 aromatic rings. The van der Waals surface area contributed by atoms with Crippen LogP contribution in [0, 0.1) is 12.7 Å². The molecule has 4 nitrogen and oxygen atoms in total. The quantitative estimate of drug-likeness (QED) is 0.894. The monoisotopic (exact) mass is 285 g/mol. The van der Waals surface area contributed by atoms with Crippen molar-refractivity contribution in [3.05, 3.63) is 35.1 Å². The van der Waals surface area contributed by atoms with Gasteiger partial charge in [-0.1, -0.05) is 6.07 Å². The first-order chi connectivity index (χ1) is 8.71. The van der Waals surface area contributed by atoms with Gasteiger partial charge in [0.15, 0.2) is 9.84 Å². The third-order valence-corrected chi connectivity index (χ3v) is 5.26. The molecule has 1 aliphatic rings. The zero-order chi connectivity index (χ0) is 14.3. The lowest BCUT2D eigenvalue weighted by Crippen LogP contribution is -2.46. The number of aryl methyl sites for hydroxylation is 1. The highest BCUT2D eigenvalue weighted by atomic mass is 32.2.